The van der Waals surface area contributed by atoms with Gasteiger partial charge in [-0.05, 0) is 27.7 Å². The molecule has 1 atom stereocenters. The van der Waals surface area contributed by atoms with Crippen molar-refractivity contribution in [1.82, 2.24) is 5.32 Å². The van der Waals surface area contributed by atoms with E-state index < -0.39 is 11.7 Å². The Hall–Kier alpha value is -1.03. The van der Waals surface area contributed by atoms with Crippen LogP contribution in [0.15, 0.2) is 12.2 Å². The molecule has 0 radical (unpaired) electrons. The predicted molar refractivity (Wildman–Crippen MR) is 55.1 cm³/mol. The van der Waals surface area contributed by atoms with Crippen LogP contribution in [0.5, 0.6) is 0 Å². The second kappa shape index (κ2) is 5.65. The lowest BCUT2D eigenvalue weighted by Gasteiger charge is -2.20. The Morgan fingerprint density at radius 2 is 2.14 bits per heavy atom. The normalized spacial score (nSPS) is 14.1. The van der Waals surface area contributed by atoms with Gasteiger partial charge >= 0.3 is 6.09 Å². The van der Waals surface area contributed by atoms with Gasteiger partial charge in [0.1, 0.15) is 5.60 Å². The van der Waals surface area contributed by atoms with Crippen LogP contribution in [0.4, 0.5) is 4.79 Å². The summed E-state index contributed by atoms with van der Waals surface area (Å²) in [4.78, 5) is 11.2. The zero-order valence-electron chi connectivity index (χ0n) is 9.20. The van der Waals surface area contributed by atoms with Crippen molar-refractivity contribution < 1.29 is 14.6 Å². The van der Waals surface area contributed by atoms with E-state index in [0.717, 1.165) is 0 Å². The van der Waals surface area contributed by atoms with Crippen molar-refractivity contribution in [1.29, 1.82) is 0 Å². The van der Waals surface area contributed by atoms with E-state index in [0.29, 0.717) is 0 Å². The number of nitrogens with one attached hydrogen (secondary N) is 1. The molecule has 0 aromatic rings. The number of carbonyl (C=O) groups excluding carboxylic acids is 1. The van der Waals surface area contributed by atoms with E-state index in [1.54, 1.807) is 39.8 Å². The molecular weight excluding hydrogens is 182 g/mol. The van der Waals surface area contributed by atoms with E-state index >= 15 is 0 Å². The minimum absolute atomic E-state index is 0.0274. The molecule has 1 amide bonds. The number of amides is 1. The first-order valence-electron chi connectivity index (χ1n) is 4.62. The van der Waals surface area contributed by atoms with Crippen LogP contribution in [-0.4, -0.2) is 29.4 Å². The quantitative estimate of drug-likeness (QED) is 0.679. The van der Waals surface area contributed by atoms with Gasteiger partial charge in [0.2, 0.25) is 0 Å². The number of aliphatic hydroxyl groups excluding tert-OH is 1. The van der Waals surface area contributed by atoms with Crippen LogP contribution in [0.25, 0.3) is 0 Å². The molecule has 0 aromatic heterocycles. The van der Waals surface area contributed by atoms with E-state index in [9.17, 15) is 4.79 Å². The molecule has 0 saturated carbocycles. The topological polar surface area (TPSA) is 58.6 Å². The van der Waals surface area contributed by atoms with Gasteiger partial charge in [-0.25, -0.2) is 4.79 Å². The smallest absolute Gasteiger partial charge is 0.408 e. The number of aliphatic hydroxyl groups is 1. The van der Waals surface area contributed by atoms with Gasteiger partial charge < -0.3 is 15.2 Å². The molecule has 0 unspecified atom stereocenters. The Kier molecular flexibility index (Phi) is 5.23. The monoisotopic (exact) mass is 201 g/mol. The molecule has 0 heterocycles. The van der Waals surface area contributed by atoms with Crippen molar-refractivity contribution in [2.24, 2.45) is 0 Å². The van der Waals surface area contributed by atoms with Gasteiger partial charge in [-0.2, -0.15) is 0 Å². The highest BCUT2D eigenvalue weighted by Gasteiger charge is 2.16. The summed E-state index contributed by atoms with van der Waals surface area (Å²) in [7, 11) is 0. The van der Waals surface area contributed by atoms with Crippen LogP contribution < -0.4 is 5.32 Å². The van der Waals surface area contributed by atoms with Crippen molar-refractivity contribution in [2.45, 2.75) is 39.3 Å². The van der Waals surface area contributed by atoms with E-state index in [4.69, 9.17) is 9.84 Å². The number of hydrogen-bond donors (Lipinski definition) is 2. The zero-order chi connectivity index (χ0) is 11.2. The summed E-state index contributed by atoms with van der Waals surface area (Å²) >= 11 is 0. The van der Waals surface area contributed by atoms with Gasteiger partial charge in [-0.15, -0.1) is 0 Å². The van der Waals surface area contributed by atoms with Crippen LogP contribution >= 0.6 is 0 Å². The fourth-order valence-electron chi connectivity index (χ4n) is 0.807. The minimum Gasteiger partial charge on any atom is -0.444 e. The molecule has 0 aliphatic rings. The number of rotatable bonds is 3. The number of hydrogen-bond acceptors (Lipinski definition) is 3. The second-order valence-corrected chi connectivity index (χ2v) is 4.05. The van der Waals surface area contributed by atoms with Crippen LogP contribution in [-0.2, 0) is 4.74 Å². The molecule has 14 heavy (non-hydrogen) atoms. The van der Waals surface area contributed by atoms with Gasteiger partial charge in [0, 0.05) is 6.04 Å². The summed E-state index contributed by atoms with van der Waals surface area (Å²) < 4.78 is 5.04. The second-order valence-electron chi connectivity index (χ2n) is 4.05. The molecule has 4 heteroatoms. The highest BCUT2D eigenvalue weighted by Crippen LogP contribution is 2.06. The molecule has 0 saturated heterocycles. The summed E-state index contributed by atoms with van der Waals surface area (Å²) in [6.45, 7) is 7.19. The van der Waals surface area contributed by atoms with Gasteiger partial charge in [-0.3, -0.25) is 0 Å². The van der Waals surface area contributed by atoms with Crippen molar-refractivity contribution in [3.05, 3.63) is 12.2 Å². The SMILES string of the molecule is C[C@H](/C=C/CO)NC(=O)OC(C)(C)C. The summed E-state index contributed by atoms with van der Waals surface area (Å²) in [5, 5.41) is 11.1. The Labute approximate surface area is 85.0 Å². The van der Waals surface area contributed by atoms with Crippen LogP contribution in [0.1, 0.15) is 27.7 Å². The predicted octanol–water partition coefficient (Wildman–Crippen LogP) is 1.45. The lowest BCUT2D eigenvalue weighted by Crippen LogP contribution is -2.36. The molecule has 0 fully saturated rings. The fraction of sp³-hybridized carbons (Fsp3) is 0.700. The maximum Gasteiger partial charge on any atom is 0.408 e. The molecule has 0 bridgehead atoms. The molecule has 0 spiro atoms. The molecule has 0 aromatic carbocycles. The maximum absolute atomic E-state index is 11.2. The first kappa shape index (κ1) is 13.0. The standard InChI is InChI=1S/C10H19NO3/c1-8(6-5-7-12)11-9(13)14-10(2,3)4/h5-6,8,12H,7H2,1-4H3,(H,11,13)/b6-5+/t8-/m1/s1. The third kappa shape index (κ3) is 7.61. The maximum atomic E-state index is 11.2. The van der Waals surface area contributed by atoms with E-state index in [2.05, 4.69) is 5.32 Å². The Morgan fingerprint density at radius 1 is 1.57 bits per heavy atom. The largest absolute Gasteiger partial charge is 0.444 e. The Bertz CT molecular complexity index is 206. The average Bonchev–Trinajstić information content (AvgIpc) is 1.96. The molecule has 2 N–H and O–H groups in total. The highest BCUT2D eigenvalue weighted by atomic mass is 16.6. The summed E-state index contributed by atoms with van der Waals surface area (Å²) in [5.74, 6) is 0. The molecule has 4 nitrogen and oxygen atoms in total. The van der Waals surface area contributed by atoms with Crippen LogP contribution in [0, 0.1) is 0 Å². The van der Waals surface area contributed by atoms with Crippen molar-refractivity contribution in [2.75, 3.05) is 6.61 Å². The molecule has 0 aliphatic carbocycles. The number of alkyl carbamates (subject to hydrolysis) is 1. The van der Waals surface area contributed by atoms with E-state index in [-0.39, 0.29) is 12.6 Å². The van der Waals surface area contributed by atoms with E-state index in [1.165, 1.54) is 0 Å². The number of ether oxygens (including phenoxy) is 1. The molecule has 0 rings (SSSR count). The fourth-order valence-corrected chi connectivity index (χ4v) is 0.807. The van der Waals surface area contributed by atoms with Crippen molar-refractivity contribution in [3.8, 4) is 0 Å². The van der Waals surface area contributed by atoms with Crippen LogP contribution in [0.3, 0.4) is 0 Å². The van der Waals surface area contributed by atoms with Crippen molar-refractivity contribution in [3.63, 3.8) is 0 Å². The minimum atomic E-state index is -0.482. The molecule has 82 valence electrons. The summed E-state index contributed by atoms with van der Waals surface area (Å²) in [6.07, 6.45) is 2.82. The summed E-state index contributed by atoms with van der Waals surface area (Å²) in [6, 6.07) is -0.142. The Morgan fingerprint density at radius 3 is 2.57 bits per heavy atom. The van der Waals surface area contributed by atoms with Crippen molar-refractivity contribution >= 4 is 6.09 Å². The van der Waals surface area contributed by atoms with Crippen LogP contribution in [0.2, 0.25) is 0 Å². The average molecular weight is 201 g/mol. The van der Waals surface area contributed by atoms with Gasteiger partial charge in [0.05, 0.1) is 6.61 Å². The lowest BCUT2D eigenvalue weighted by molar-refractivity contribution is 0.0518. The summed E-state index contributed by atoms with van der Waals surface area (Å²) in [5.41, 5.74) is -0.482. The number of carbonyl (C=O) groups is 1. The van der Waals surface area contributed by atoms with Gasteiger partial charge in [0.15, 0.2) is 0 Å². The third-order valence-corrected chi connectivity index (χ3v) is 1.27. The zero-order valence-corrected chi connectivity index (χ0v) is 9.20. The van der Waals surface area contributed by atoms with E-state index in [1.807, 2.05) is 0 Å². The van der Waals surface area contributed by atoms with Gasteiger partial charge in [0.25, 0.3) is 0 Å². The Balaban J connectivity index is 3.89. The first-order chi connectivity index (χ1) is 6.35. The highest BCUT2D eigenvalue weighted by molar-refractivity contribution is 5.68. The third-order valence-electron chi connectivity index (χ3n) is 1.27. The van der Waals surface area contributed by atoms with Gasteiger partial charge in [-0.1, -0.05) is 12.2 Å². The first-order valence-corrected chi connectivity index (χ1v) is 4.62. The lowest BCUT2D eigenvalue weighted by atomic mass is 10.2. The molecule has 0 aliphatic heterocycles. The molecular formula is C10H19NO3.